The largest absolute Gasteiger partial charge is 0.399 e. The standard InChI is InChI=1S/C12H9Br2FN2O2S/c13-9-3-1-7(15)5-11(9)17-20(18,19)12-6-8(16)2-4-10(12)14/h1-6,17H,16H2. The van der Waals surface area contributed by atoms with E-state index in [0.717, 1.165) is 6.07 Å². The van der Waals surface area contributed by atoms with Crippen LogP contribution >= 0.6 is 31.9 Å². The topological polar surface area (TPSA) is 72.2 Å². The molecule has 0 unspecified atom stereocenters. The van der Waals surface area contributed by atoms with Gasteiger partial charge in [-0.3, -0.25) is 4.72 Å². The molecule has 0 saturated heterocycles. The molecule has 0 heterocycles. The highest BCUT2D eigenvalue weighted by Crippen LogP contribution is 2.29. The van der Waals surface area contributed by atoms with Gasteiger partial charge in [0, 0.05) is 14.6 Å². The molecular formula is C12H9Br2FN2O2S. The van der Waals surface area contributed by atoms with Crippen molar-refractivity contribution < 1.29 is 12.8 Å². The normalized spacial score (nSPS) is 11.3. The predicted molar refractivity (Wildman–Crippen MR) is 83.5 cm³/mol. The molecule has 0 aliphatic rings. The van der Waals surface area contributed by atoms with E-state index in [0.29, 0.717) is 14.6 Å². The average molecular weight is 424 g/mol. The smallest absolute Gasteiger partial charge is 0.263 e. The van der Waals surface area contributed by atoms with Gasteiger partial charge >= 0.3 is 0 Å². The fourth-order valence-electron chi connectivity index (χ4n) is 1.50. The van der Waals surface area contributed by atoms with Gasteiger partial charge in [-0.2, -0.15) is 0 Å². The minimum Gasteiger partial charge on any atom is -0.399 e. The molecule has 0 fully saturated rings. The summed E-state index contributed by atoms with van der Waals surface area (Å²) in [5.41, 5.74) is 6.01. The highest BCUT2D eigenvalue weighted by Gasteiger charge is 2.19. The van der Waals surface area contributed by atoms with Crippen molar-refractivity contribution in [2.75, 3.05) is 10.5 Å². The lowest BCUT2D eigenvalue weighted by atomic mass is 10.3. The number of anilines is 2. The SMILES string of the molecule is Nc1ccc(Br)c(S(=O)(=O)Nc2cc(F)ccc2Br)c1. The molecule has 0 radical (unpaired) electrons. The first-order valence-electron chi connectivity index (χ1n) is 5.32. The fourth-order valence-corrected chi connectivity index (χ4v) is 4.05. The quantitative estimate of drug-likeness (QED) is 0.738. The van der Waals surface area contributed by atoms with Crippen molar-refractivity contribution in [1.82, 2.24) is 0 Å². The van der Waals surface area contributed by atoms with E-state index in [1.807, 2.05) is 0 Å². The molecule has 0 aliphatic carbocycles. The number of hydrogen-bond donors (Lipinski definition) is 2. The molecule has 106 valence electrons. The van der Waals surface area contributed by atoms with Crippen LogP contribution in [0.15, 0.2) is 50.2 Å². The molecule has 0 saturated carbocycles. The Hall–Kier alpha value is -1.12. The minimum atomic E-state index is -3.88. The average Bonchev–Trinajstić information content (AvgIpc) is 2.36. The van der Waals surface area contributed by atoms with Crippen molar-refractivity contribution in [1.29, 1.82) is 0 Å². The van der Waals surface area contributed by atoms with Gasteiger partial charge in [0.1, 0.15) is 10.7 Å². The van der Waals surface area contributed by atoms with E-state index in [9.17, 15) is 12.8 Å². The monoisotopic (exact) mass is 422 g/mol. The summed E-state index contributed by atoms with van der Waals surface area (Å²) >= 11 is 6.31. The molecule has 0 atom stereocenters. The predicted octanol–water partition coefficient (Wildman–Crippen LogP) is 3.73. The first-order valence-corrected chi connectivity index (χ1v) is 8.39. The van der Waals surface area contributed by atoms with E-state index in [2.05, 4.69) is 36.6 Å². The van der Waals surface area contributed by atoms with Crippen LogP contribution < -0.4 is 10.5 Å². The van der Waals surface area contributed by atoms with Gasteiger partial charge in [0.25, 0.3) is 10.0 Å². The van der Waals surface area contributed by atoms with Crippen molar-refractivity contribution in [3.8, 4) is 0 Å². The van der Waals surface area contributed by atoms with Crippen LogP contribution in [0, 0.1) is 5.82 Å². The fraction of sp³-hybridized carbons (Fsp3) is 0. The molecule has 2 rings (SSSR count). The molecule has 20 heavy (non-hydrogen) atoms. The second-order valence-electron chi connectivity index (χ2n) is 3.92. The summed E-state index contributed by atoms with van der Waals surface area (Å²) in [5, 5.41) is 0. The maximum atomic E-state index is 13.2. The Morgan fingerprint density at radius 3 is 2.40 bits per heavy atom. The lowest BCUT2D eigenvalue weighted by Crippen LogP contribution is -2.14. The first kappa shape index (κ1) is 15.3. The van der Waals surface area contributed by atoms with Crippen LogP contribution in [0.2, 0.25) is 0 Å². The third-order valence-electron chi connectivity index (χ3n) is 2.42. The van der Waals surface area contributed by atoms with Crippen molar-refractivity contribution in [2.45, 2.75) is 4.90 Å². The summed E-state index contributed by atoms with van der Waals surface area (Å²) in [5.74, 6) is -0.544. The summed E-state index contributed by atoms with van der Waals surface area (Å²) < 4.78 is 40.9. The van der Waals surface area contributed by atoms with Crippen LogP contribution in [0.4, 0.5) is 15.8 Å². The second kappa shape index (κ2) is 5.71. The molecule has 0 bridgehead atoms. The molecule has 2 aromatic rings. The molecule has 4 nitrogen and oxygen atoms in total. The van der Waals surface area contributed by atoms with Crippen molar-refractivity contribution in [3.05, 3.63) is 51.2 Å². The number of rotatable bonds is 3. The van der Waals surface area contributed by atoms with Gasteiger partial charge in [-0.05, 0) is 68.3 Å². The Morgan fingerprint density at radius 2 is 1.70 bits per heavy atom. The Kier molecular flexibility index (Phi) is 4.36. The lowest BCUT2D eigenvalue weighted by Gasteiger charge is -2.11. The van der Waals surface area contributed by atoms with Crippen molar-refractivity contribution in [2.24, 2.45) is 0 Å². The van der Waals surface area contributed by atoms with Crippen LogP contribution in [0.25, 0.3) is 0 Å². The highest BCUT2D eigenvalue weighted by atomic mass is 79.9. The number of benzene rings is 2. The minimum absolute atomic E-state index is 0.0198. The maximum Gasteiger partial charge on any atom is 0.263 e. The van der Waals surface area contributed by atoms with E-state index in [-0.39, 0.29) is 10.6 Å². The Bertz CT molecular complexity index is 766. The van der Waals surface area contributed by atoms with Gasteiger partial charge in [0.05, 0.1) is 5.69 Å². The van der Waals surface area contributed by atoms with Crippen molar-refractivity contribution >= 4 is 53.3 Å². The number of nitrogens with two attached hydrogens (primary N) is 1. The number of halogens is 3. The number of nitrogens with one attached hydrogen (secondary N) is 1. The van der Waals surface area contributed by atoms with E-state index in [1.165, 1.54) is 24.3 Å². The summed E-state index contributed by atoms with van der Waals surface area (Å²) in [4.78, 5) is -0.0198. The number of sulfonamides is 1. The number of hydrogen-bond acceptors (Lipinski definition) is 3. The van der Waals surface area contributed by atoms with Crippen LogP contribution in [-0.2, 0) is 10.0 Å². The first-order chi connectivity index (χ1) is 9.29. The molecule has 3 N–H and O–H groups in total. The van der Waals surface area contributed by atoms with Crippen LogP contribution in [0.5, 0.6) is 0 Å². The second-order valence-corrected chi connectivity index (χ2v) is 7.28. The Balaban J connectivity index is 2.46. The maximum absolute atomic E-state index is 13.2. The summed E-state index contributed by atoms with van der Waals surface area (Å²) in [6.07, 6.45) is 0. The zero-order chi connectivity index (χ0) is 14.9. The molecule has 8 heteroatoms. The van der Waals surface area contributed by atoms with Gasteiger partial charge in [0.15, 0.2) is 0 Å². The molecule has 2 aromatic carbocycles. The number of nitrogen functional groups attached to an aromatic ring is 1. The highest BCUT2D eigenvalue weighted by molar-refractivity contribution is 9.11. The van der Waals surface area contributed by atoms with E-state index >= 15 is 0 Å². The van der Waals surface area contributed by atoms with Crippen LogP contribution in [0.3, 0.4) is 0 Å². The molecular weight excluding hydrogens is 415 g/mol. The molecule has 0 amide bonds. The molecule has 0 aliphatic heterocycles. The van der Waals surface area contributed by atoms with Gasteiger partial charge in [0.2, 0.25) is 0 Å². The van der Waals surface area contributed by atoms with Gasteiger partial charge in [-0.15, -0.1) is 0 Å². The summed E-state index contributed by atoms with van der Waals surface area (Å²) in [6.45, 7) is 0. The van der Waals surface area contributed by atoms with E-state index in [1.54, 1.807) is 6.07 Å². The third-order valence-corrected chi connectivity index (χ3v) is 5.47. The molecule has 0 spiro atoms. The Labute approximate surface area is 132 Å². The third kappa shape index (κ3) is 3.31. The zero-order valence-electron chi connectivity index (χ0n) is 9.90. The van der Waals surface area contributed by atoms with Crippen LogP contribution in [0.1, 0.15) is 0 Å². The molecule has 0 aromatic heterocycles. The van der Waals surface area contributed by atoms with E-state index in [4.69, 9.17) is 5.73 Å². The van der Waals surface area contributed by atoms with Gasteiger partial charge < -0.3 is 5.73 Å². The van der Waals surface area contributed by atoms with Crippen molar-refractivity contribution in [3.63, 3.8) is 0 Å². The van der Waals surface area contributed by atoms with E-state index < -0.39 is 15.8 Å². The van der Waals surface area contributed by atoms with Crippen LogP contribution in [-0.4, -0.2) is 8.42 Å². The van der Waals surface area contributed by atoms with Gasteiger partial charge in [-0.1, -0.05) is 0 Å². The Morgan fingerprint density at radius 1 is 1.05 bits per heavy atom. The summed E-state index contributed by atoms with van der Waals surface area (Å²) in [6, 6.07) is 8.15. The lowest BCUT2D eigenvalue weighted by molar-refractivity contribution is 0.600. The zero-order valence-corrected chi connectivity index (χ0v) is 13.9. The van der Waals surface area contributed by atoms with Gasteiger partial charge in [-0.25, -0.2) is 12.8 Å². The summed E-state index contributed by atoms with van der Waals surface area (Å²) in [7, 11) is -3.88.